The molecule has 0 spiro atoms. The van der Waals surface area contributed by atoms with E-state index in [-0.39, 0.29) is 24.3 Å². The van der Waals surface area contributed by atoms with Crippen molar-refractivity contribution in [3.8, 4) is 0 Å². The molecule has 0 bridgehead atoms. The van der Waals surface area contributed by atoms with Crippen LogP contribution in [0.25, 0.3) is 0 Å². The van der Waals surface area contributed by atoms with E-state index in [0.29, 0.717) is 6.54 Å². The lowest BCUT2D eigenvalue weighted by molar-refractivity contribution is -0.135. The van der Waals surface area contributed by atoms with E-state index in [2.05, 4.69) is 5.10 Å². The first-order valence-corrected chi connectivity index (χ1v) is 8.20. The number of aromatic nitrogens is 2. The summed E-state index contributed by atoms with van der Waals surface area (Å²) in [6.45, 7) is 2.58. The molecule has 1 amide bonds. The Balaban J connectivity index is 1.84. The lowest BCUT2D eigenvalue weighted by Crippen LogP contribution is -2.35. The van der Waals surface area contributed by atoms with Crippen LogP contribution < -0.4 is 0 Å². The van der Waals surface area contributed by atoms with E-state index in [4.69, 9.17) is 0 Å². The van der Waals surface area contributed by atoms with Gasteiger partial charge in [0.1, 0.15) is 12.4 Å². The van der Waals surface area contributed by atoms with Crippen LogP contribution in [0, 0.1) is 5.82 Å². The van der Waals surface area contributed by atoms with Gasteiger partial charge in [0.05, 0.1) is 6.04 Å². The Morgan fingerprint density at radius 1 is 1.12 bits per heavy atom. The van der Waals surface area contributed by atoms with Crippen molar-refractivity contribution in [3.63, 3.8) is 0 Å². The number of hydrogen-bond donors (Lipinski definition) is 0. The van der Waals surface area contributed by atoms with E-state index >= 15 is 0 Å². The Morgan fingerprint density at radius 3 is 2.48 bits per heavy atom. The molecule has 3 aromatic rings. The lowest BCUT2D eigenvalue weighted by atomic mass is 10.1. The average Bonchev–Trinajstić information content (AvgIpc) is 3.14. The van der Waals surface area contributed by atoms with E-state index in [1.807, 2.05) is 37.3 Å². The van der Waals surface area contributed by atoms with Gasteiger partial charge in [0.2, 0.25) is 5.91 Å². The quantitative estimate of drug-likeness (QED) is 0.686. The third-order valence-electron chi connectivity index (χ3n) is 4.19. The number of carbonyl (C=O) groups excluding carboxylic acids is 1. The van der Waals surface area contributed by atoms with Crippen LogP contribution >= 0.6 is 0 Å². The Labute approximate surface area is 146 Å². The number of rotatable bonds is 6. The zero-order chi connectivity index (χ0) is 17.6. The molecule has 3 rings (SSSR count). The molecule has 5 heteroatoms. The van der Waals surface area contributed by atoms with Gasteiger partial charge in [-0.3, -0.25) is 9.48 Å². The van der Waals surface area contributed by atoms with Gasteiger partial charge < -0.3 is 4.90 Å². The molecule has 0 N–H and O–H groups in total. The van der Waals surface area contributed by atoms with Crippen LogP contribution in [-0.4, -0.2) is 20.6 Å². The van der Waals surface area contributed by atoms with Gasteiger partial charge in [-0.05, 0) is 36.2 Å². The largest absolute Gasteiger partial charge is 0.330 e. The third kappa shape index (κ3) is 4.32. The first-order chi connectivity index (χ1) is 12.1. The van der Waals surface area contributed by atoms with E-state index in [1.165, 1.54) is 12.1 Å². The molecule has 0 aliphatic rings. The Morgan fingerprint density at radius 2 is 1.84 bits per heavy atom. The summed E-state index contributed by atoms with van der Waals surface area (Å²) in [4.78, 5) is 14.7. The molecule has 0 radical (unpaired) electrons. The van der Waals surface area contributed by atoms with Crippen molar-refractivity contribution in [3.05, 3.63) is 90.0 Å². The van der Waals surface area contributed by atoms with Crippen molar-refractivity contribution in [2.45, 2.75) is 26.1 Å². The van der Waals surface area contributed by atoms with Crippen LogP contribution in [0.2, 0.25) is 0 Å². The first-order valence-electron chi connectivity index (χ1n) is 8.20. The van der Waals surface area contributed by atoms with Crippen LogP contribution in [-0.2, 0) is 17.9 Å². The van der Waals surface area contributed by atoms with Crippen LogP contribution in [0.3, 0.4) is 0 Å². The minimum atomic E-state index is -0.283. The number of halogens is 1. The monoisotopic (exact) mass is 337 g/mol. The highest BCUT2D eigenvalue weighted by Gasteiger charge is 2.22. The maximum atomic E-state index is 13.2. The van der Waals surface area contributed by atoms with E-state index < -0.39 is 0 Å². The highest BCUT2D eigenvalue weighted by Crippen LogP contribution is 2.23. The predicted molar refractivity (Wildman–Crippen MR) is 94.0 cm³/mol. The van der Waals surface area contributed by atoms with Crippen molar-refractivity contribution in [1.29, 1.82) is 0 Å². The fraction of sp³-hybridized carbons (Fsp3) is 0.200. The zero-order valence-corrected chi connectivity index (χ0v) is 14.0. The van der Waals surface area contributed by atoms with Crippen LogP contribution in [0.15, 0.2) is 73.1 Å². The minimum absolute atomic E-state index is 0.0376. The number of carbonyl (C=O) groups is 1. The summed E-state index contributed by atoms with van der Waals surface area (Å²) in [6.07, 6.45) is 3.42. The zero-order valence-electron chi connectivity index (χ0n) is 14.0. The molecule has 128 valence electrons. The number of hydrogen-bond acceptors (Lipinski definition) is 2. The van der Waals surface area contributed by atoms with Crippen LogP contribution in [0.1, 0.15) is 24.1 Å². The summed E-state index contributed by atoms with van der Waals surface area (Å²) in [7, 11) is 0. The second kappa shape index (κ2) is 7.75. The van der Waals surface area contributed by atoms with Crippen molar-refractivity contribution < 1.29 is 9.18 Å². The third-order valence-corrected chi connectivity index (χ3v) is 4.19. The fourth-order valence-corrected chi connectivity index (χ4v) is 2.76. The van der Waals surface area contributed by atoms with E-state index in [1.54, 1.807) is 40.2 Å². The second-order valence-electron chi connectivity index (χ2n) is 5.94. The molecule has 25 heavy (non-hydrogen) atoms. The molecule has 0 fully saturated rings. The summed E-state index contributed by atoms with van der Waals surface area (Å²) in [5, 5.41) is 4.11. The molecule has 1 heterocycles. The molecule has 1 atom stereocenters. The van der Waals surface area contributed by atoms with Crippen LogP contribution in [0.5, 0.6) is 0 Å². The Kier molecular flexibility index (Phi) is 5.23. The van der Waals surface area contributed by atoms with Crippen molar-refractivity contribution in [2.75, 3.05) is 0 Å². The Bertz CT molecular complexity index is 801. The topological polar surface area (TPSA) is 38.1 Å². The molecular formula is C20H20FN3O. The molecule has 4 nitrogen and oxygen atoms in total. The number of benzene rings is 2. The number of nitrogens with zero attached hydrogens (tertiary/aromatic N) is 3. The van der Waals surface area contributed by atoms with Gasteiger partial charge in [-0.2, -0.15) is 5.10 Å². The van der Waals surface area contributed by atoms with E-state index in [9.17, 15) is 9.18 Å². The fourth-order valence-electron chi connectivity index (χ4n) is 2.76. The minimum Gasteiger partial charge on any atom is -0.330 e. The molecular weight excluding hydrogens is 317 g/mol. The average molecular weight is 337 g/mol. The predicted octanol–water partition coefficient (Wildman–Crippen LogP) is 3.81. The molecule has 0 unspecified atom stereocenters. The van der Waals surface area contributed by atoms with Gasteiger partial charge in [-0.15, -0.1) is 0 Å². The summed E-state index contributed by atoms with van der Waals surface area (Å²) in [5.41, 5.74) is 1.94. The van der Waals surface area contributed by atoms with Crippen molar-refractivity contribution in [2.24, 2.45) is 0 Å². The van der Waals surface area contributed by atoms with Crippen LogP contribution in [0.4, 0.5) is 4.39 Å². The van der Waals surface area contributed by atoms with Crippen molar-refractivity contribution in [1.82, 2.24) is 14.7 Å². The lowest BCUT2D eigenvalue weighted by Gasteiger charge is -2.30. The standard InChI is InChI=1S/C20H20FN3O/c1-16(18-6-3-2-4-7-18)24(14-17-8-10-19(21)11-9-17)20(25)15-23-13-5-12-22-23/h2-13,16H,14-15H2,1H3/t16-/m1/s1. The molecule has 0 saturated heterocycles. The number of amides is 1. The van der Waals surface area contributed by atoms with Gasteiger partial charge >= 0.3 is 0 Å². The normalized spacial score (nSPS) is 11.9. The maximum absolute atomic E-state index is 13.2. The first kappa shape index (κ1) is 16.9. The van der Waals surface area contributed by atoms with Gasteiger partial charge in [0, 0.05) is 18.9 Å². The summed E-state index contributed by atoms with van der Waals surface area (Å²) in [6, 6.07) is 17.8. The van der Waals surface area contributed by atoms with Crippen molar-refractivity contribution >= 4 is 5.91 Å². The molecule has 0 aliphatic carbocycles. The van der Waals surface area contributed by atoms with Gasteiger partial charge in [-0.1, -0.05) is 42.5 Å². The second-order valence-corrected chi connectivity index (χ2v) is 5.94. The maximum Gasteiger partial charge on any atom is 0.245 e. The molecule has 2 aromatic carbocycles. The van der Waals surface area contributed by atoms with Gasteiger partial charge in [0.25, 0.3) is 0 Å². The highest BCUT2D eigenvalue weighted by atomic mass is 19.1. The highest BCUT2D eigenvalue weighted by molar-refractivity contribution is 5.76. The Hall–Kier alpha value is -2.95. The van der Waals surface area contributed by atoms with Gasteiger partial charge in [-0.25, -0.2) is 4.39 Å². The van der Waals surface area contributed by atoms with Gasteiger partial charge in [0.15, 0.2) is 0 Å². The molecule has 0 saturated carbocycles. The molecule has 1 aromatic heterocycles. The van der Waals surface area contributed by atoms with E-state index in [0.717, 1.165) is 11.1 Å². The summed E-state index contributed by atoms with van der Waals surface area (Å²) < 4.78 is 14.8. The smallest absolute Gasteiger partial charge is 0.245 e. The molecule has 0 aliphatic heterocycles. The summed E-state index contributed by atoms with van der Waals surface area (Å²) >= 11 is 0. The summed E-state index contributed by atoms with van der Waals surface area (Å²) in [5.74, 6) is -0.321. The SMILES string of the molecule is C[C@H](c1ccccc1)N(Cc1ccc(F)cc1)C(=O)Cn1cccn1.